The Kier molecular flexibility index (Phi) is 6.01. The quantitative estimate of drug-likeness (QED) is 0.353. The van der Waals surface area contributed by atoms with Gasteiger partial charge in [-0.3, -0.25) is 4.79 Å². The lowest BCUT2D eigenvalue weighted by Gasteiger charge is -2.23. The molecule has 3 N–H and O–H groups in total. The third-order valence-electron chi connectivity index (χ3n) is 6.58. The van der Waals surface area contributed by atoms with Crippen LogP contribution in [0.15, 0.2) is 66.9 Å². The second-order valence-corrected chi connectivity index (χ2v) is 9.04. The summed E-state index contributed by atoms with van der Waals surface area (Å²) >= 11 is 0. The monoisotopic (exact) mass is 521 g/mol. The van der Waals surface area contributed by atoms with Crippen LogP contribution in [0.2, 0.25) is 0 Å². The zero-order valence-electron chi connectivity index (χ0n) is 19.9. The Morgan fingerprint density at radius 3 is 2.34 bits per heavy atom. The van der Waals surface area contributed by atoms with E-state index in [1.807, 2.05) is 0 Å². The van der Waals surface area contributed by atoms with Crippen molar-refractivity contribution in [2.24, 2.45) is 0 Å². The number of nitrogens with zero attached hydrogens (tertiary/aromatic N) is 3. The Morgan fingerprint density at radius 1 is 0.974 bits per heavy atom. The van der Waals surface area contributed by atoms with Gasteiger partial charge in [0.2, 0.25) is 6.35 Å². The number of benzene rings is 3. The lowest BCUT2D eigenvalue weighted by atomic mass is 10.1. The fourth-order valence-corrected chi connectivity index (χ4v) is 4.70. The van der Waals surface area contributed by atoms with E-state index in [2.05, 4.69) is 15.7 Å². The van der Waals surface area contributed by atoms with Crippen LogP contribution < -0.4 is 10.6 Å². The highest BCUT2D eigenvalue weighted by Gasteiger charge is 2.36. The fourth-order valence-electron chi connectivity index (χ4n) is 4.70. The lowest BCUT2D eigenvalue weighted by molar-refractivity contribution is -0.128. The van der Waals surface area contributed by atoms with Crippen LogP contribution in [0, 0.1) is 17.5 Å². The Balaban J connectivity index is 1.33. The molecule has 11 heteroatoms. The van der Waals surface area contributed by atoms with Gasteiger partial charge in [0.15, 0.2) is 6.23 Å². The molecular weight excluding hydrogens is 499 g/mol. The van der Waals surface area contributed by atoms with Crippen molar-refractivity contribution in [2.75, 3.05) is 23.8 Å². The Labute approximate surface area is 215 Å². The smallest absolute Gasteiger partial charge is 0.250 e. The number of carbonyl (C=O) groups excluding carboxylic acids is 1. The van der Waals surface area contributed by atoms with Crippen LogP contribution in [-0.2, 0) is 16.0 Å². The second-order valence-electron chi connectivity index (χ2n) is 9.04. The SMILES string of the molecule is O=C1COC(c2cn(-c3ccc(F)cc3)nc2-c2ccc(F)cc2)N1CCc1cc2c(cc1F)N[C@@H](O)N2. The van der Waals surface area contributed by atoms with Gasteiger partial charge in [0, 0.05) is 23.9 Å². The topological polar surface area (TPSA) is 91.7 Å². The zero-order chi connectivity index (χ0) is 26.4. The molecular formula is C27H22F3N5O3. The van der Waals surface area contributed by atoms with Crippen molar-refractivity contribution >= 4 is 17.3 Å². The number of carbonyl (C=O) groups is 1. The van der Waals surface area contributed by atoms with Crippen molar-refractivity contribution in [3.63, 3.8) is 0 Å². The fraction of sp³-hybridized carbons (Fsp3) is 0.185. The van der Waals surface area contributed by atoms with E-state index >= 15 is 0 Å². The summed E-state index contributed by atoms with van der Waals surface area (Å²) in [6, 6.07) is 14.4. The molecule has 1 unspecified atom stereocenters. The maximum absolute atomic E-state index is 14.7. The highest BCUT2D eigenvalue weighted by atomic mass is 19.1. The Bertz CT molecular complexity index is 1510. The third-order valence-corrected chi connectivity index (χ3v) is 6.58. The first-order valence-electron chi connectivity index (χ1n) is 11.9. The molecule has 0 saturated carbocycles. The van der Waals surface area contributed by atoms with Gasteiger partial charge >= 0.3 is 0 Å². The molecule has 194 valence electrons. The van der Waals surface area contributed by atoms with Gasteiger partial charge in [0.1, 0.15) is 29.8 Å². The van der Waals surface area contributed by atoms with Crippen LogP contribution in [0.25, 0.3) is 16.9 Å². The summed E-state index contributed by atoms with van der Waals surface area (Å²) < 4.78 is 49.3. The van der Waals surface area contributed by atoms with Crippen LogP contribution in [0.1, 0.15) is 17.4 Å². The molecule has 3 aromatic carbocycles. The van der Waals surface area contributed by atoms with E-state index in [1.54, 1.807) is 41.2 Å². The van der Waals surface area contributed by atoms with E-state index in [4.69, 9.17) is 4.74 Å². The summed E-state index contributed by atoms with van der Waals surface area (Å²) in [6.45, 7) is -0.0145. The van der Waals surface area contributed by atoms with Gasteiger partial charge in [-0.2, -0.15) is 5.10 Å². The molecule has 1 amide bonds. The number of aliphatic hydroxyl groups excluding tert-OH is 1. The van der Waals surface area contributed by atoms with Crippen LogP contribution >= 0.6 is 0 Å². The molecule has 4 aromatic rings. The number of ether oxygens (including phenoxy) is 1. The van der Waals surface area contributed by atoms with E-state index in [0.29, 0.717) is 39.4 Å². The van der Waals surface area contributed by atoms with Crippen molar-refractivity contribution < 1.29 is 27.8 Å². The summed E-state index contributed by atoms with van der Waals surface area (Å²) in [5.41, 5.74) is 3.59. The molecule has 6 rings (SSSR count). The van der Waals surface area contributed by atoms with E-state index in [9.17, 15) is 23.1 Å². The van der Waals surface area contributed by atoms with Crippen molar-refractivity contribution in [2.45, 2.75) is 19.0 Å². The van der Waals surface area contributed by atoms with Crippen molar-refractivity contribution in [1.29, 1.82) is 0 Å². The minimum Gasteiger partial charge on any atom is -0.357 e. The number of aromatic nitrogens is 2. The summed E-state index contributed by atoms with van der Waals surface area (Å²) in [4.78, 5) is 14.3. The predicted molar refractivity (Wildman–Crippen MR) is 133 cm³/mol. The zero-order valence-corrected chi connectivity index (χ0v) is 19.9. The molecule has 1 fully saturated rings. The number of nitrogens with one attached hydrogen (secondary N) is 2. The van der Waals surface area contributed by atoms with E-state index in [0.717, 1.165) is 0 Å². The molecule has 2 atom stereocenters. The first-order chi connectivity index (χ1) is 18.4. The Morgan fingerprint density at radius 2 is 1.63 bits per heavy atom. The third kappa shape index (κ3) is 4.46. The van der Waals surface area contributed by atoms with Crippen LogP contribution in [-0.4, -0.2) is 45.2 Å². The number of anilines is 2. The molecule has 0 bridgehead atoms. The largest absolute Gasteiger partial charge is 0.357 e. The number of halogens is 3. The van der Waals surface area contributed by atoms with E-state index < -0.39 is 30.0 Å². The Hall–Kier alpha value is -4.35. The number of rotatable bonds is 6. The first kappa shape index (κ1) is 24.0. The molecule has 8 nitrogen and oxygen atoms in total. The molecule has 2 aliphatic heterocycles. The van der Waals surface area contributed by atoms with Gasteiger partial charge in [-0.25, -0.2) is 17.9 Å². The van der Waals surface area contributed by atoms with Gasteiger partial charge in [-0.05, 0) is 72.6 Å². The molecule has 2 aliphatic rings. The molecule has 38 heavy (non-hydrogen) atoms. The predicted octanol–water partition coefficient (Wildman–Crippen LogP) is 4.17. The molecule has 3 heterocycles. The van der Waals surface area contributed by atoms with Gasteiger partial charge in [0.05, 0.1) is 17.1 Å². The average Bonchev–Trinajstić information content (AvgIpc) is 3.59. The van der Waals surface area contributed by atoms with Gasteiger partial charge < -0.3 is 25.4 Å². The number of hydrogen-bond acceptors (Lipinski definition) is 6. The maximum atomic E-state index is 14.7. The molecule has 0 spiro atoms. The van der Waals surface area contributed by atoms with Gasteiger partial charge in [-0.1, -0.05) is 0 Å². The normalized spacial score (nSPS) is 18.4. The van der Waals surface area contributed by atoms with E-state index in [-0.39, 0.29) is 25.5 Å². The van der Waals surface area contributed by atoms with Crippen LogP contribution in [0.3, 0.4) is 0 Å². The summed E-state index contributed by atoms with van der Waals surface area (Å²) in [6.07, 6.45) is 0.0614. The molecule has 0 radical (unpaired) electrons. The highest BCUT2D eigenvalue weighted by molar-refractivity contribution is 5.80. The van der Waals surface area contributed by atoms with Crippen molar-refractivity contribution in [1.82, 2.24) is 14.7 Å². The van der Waals surface area contributed by atoms with Gasteiger partial charge in [-0.15, -0.1) is 0 Å². The average molecular weight is 521 g/mol. The lowest BCUT2D eigenvalue weighted by Crippen LogP contribution is -2.31. The minimum atomic E-state index is -1.000. The second kappa shape index (κ2) is 9.51. The minimum absolute atomic E-state index is 0.153. The molecule has 0 aliphatic carbocycles. The molecule has 1 saturated heterocycles. The molecule has 1 aromatic heterocycles. The standard InChI is InChI=1S/C27H22F3N5O3/c28-17-3-1-15(2-4-17)25-20(13-35(33-25)19-7-5-18(29)6-8-19)26-34(24(36)14-38-26)10-9-16-11-22-23(12-21(16)30)32-27(37)31-22/h1-8,11-13,26-27,31-32,37H,9-10,14H2/t26?,27-/m0/s1. The number of amides is 1. The number of fused-ring (bicyclic) bond motifs is 1. The summed E-state index contributed by atoms with van der Waals surface area (Å²) in [5.74, 6) is -1.54. The van der Waals surface area contributed by atoms with Crippen LogP contribution in [0.4, 0.5) is 24.5 Å². The number of aliphatic hydroxyl groups is 1. The number of hydrogen-bond donors (Lipinski definition) is 3. The van der Waals surface area contributed by atoms with Crippen molar-refractivity contribution in [3.8, 4) is 16.9 Å². The maximum Gasteiger partial charge on any atom is 0.250 e. The summed E-state index contributed by atoms with van der Waals surface area (Å²) in [7, 11) is 0. The highest BCUT2D eigenvalue weighted by Crippen LogP contribution is 2.36. The van der Waals surface area contributed by atoms with Crippen LogP contribution in [0.5, 0.6) is 0 Å². The van der Waals surface area contributed by atoms with Gasteiger partial charge in [0.25, 0.3) is 5.91 Å². The van der Waals surface area contributed by atoms with Crippen molar-refractivity contribution in [3.05, 3.63) is 95.4 Å². The van der Waals surface area contributed by atoms with E-state index in [1.165, 1.54) is 35.2 Å². The summed E-state index contributed by atoms with van der Waals surface area (Å²) in [5, 5.41) is 19.9. The first-order valence-corrected chi connectivity index (χ1v) is 11.9.